The van der Waals surface area contributed by atoms with E-state index in [1.165, 1.54) is 13.2 Å². The van der Waals surface area contributed by atoms with Crippen LogP contribution in [0.3, 0.4) is 0 Å². The number of benzene rings is 6. The lowest BCUT2D eigenvalue weighted by Gasteiger charge is -2.21. The normalized spacial score (nSPS) is 11.2. The van der Waals surface area contributed by atoms with Crippen molar-refractivity contribution in [3.05, 3.63) is 185 Å². The molecular formula is C50H46BrNO9. The number of fused-ring (bicyclic) bond motifs is 1. The van der Waals surface area contributed by atoms with E-state index >= 15 is 4.79 Å². The first-order chi connectivity index (χ1) is 29.3. The minimum Gasteiger partial charge on any atom is -1.00 e. The maximum Gasteiger partial charge on any atom is 0.372 e. The molecule has 0 radical (unpaired) electrons. The van der Waals surface area contributed by atoms with Gasteiger partial charge in [-0.2, -0.15) is 4.57 Å². The van der Waals surface area contributed by atoms with Crippen molar-refractivity contribution < 1.29 is 64.7 Å². The number of aromatic nitrogens is 1. The Bertz CT molecular complexity index is 2570. The third kappa shape index (κ3) is 10.7. The number of methoxy groups -OCH3 is 2. The molecule has 10 nitrogen and oxygen atoms in total. The van der Waals surface area contributed by atoms with Gasteiger partial charge in [0.2, 0.25) is 12.2 Å². The second-order valence-corrected chi connectivity index (χ2v) is 13.9. The van der Waals surface area contributed by atoms with Gasteiger partial charge in [0.05, 0.1) is 31.8 Å². The zero-order valence-corrected chi connectivity index (χ0v) is 35.7. The van der Waals surface area contributed by atoms with Crippen molar-refractivity contribution in [3.63, 3.8) is 0 Å². The summed E-state index contributed by atoms with van der Waals surface area (Å²) < 4.78 is 37.3. The lowest BCUT2D eigenvalue weighted by molar-refractivity contribution is -0.692. The highest BCUT2D eigenvalue weighted by atomic mass is 79.9. The van der Waals surface area contributed by atoms with E-state index in [0.717, 1.165) is 22.1 Å². The molecule has 1 N–H and O–H groups in total. The largest absolute Gasteiger partial charge is 1.00 e. The lowest BCUT2D eigenvalue weighted by Crippen LogP contribution is -3.00. The first-order valence-corrected chi connectivity index (χ1v) is 19.6. The molecular weight excluding hydrogens is 838 g/mol. The van der Waals surface area contributed by atoms with Gasteiger partial charge < -0.3 is 50.5 Å². The highest BCUT2D eigenvalue weighted by Crippen LogP contribution is 2.41. The molecule has 0 spiro atoms. The van der Waals surface area contributed by atoms with Crippen LogP contribution in [0.25, 0.3) is 10.8 Å². The van der Waals surface area contributed by atoms with Crippen LogP contribution in [-0.2, 0) is 35.9 Å². The Hall–Kier alpha value is -6.85. The van der Waals surface area contributed by atoms with Crippen LogP contribution in [0.2, 0.25) is 0 Å². The van der Waals surface area contributed by atoms with Gasteiger partial charge in [0.1, 0.15) is 37.2 Å². The molecule has 0 aliphatic heterocycles. The van der Waals surface area contributed by atoms with Gasteiger partial charge in [-0.05, 0) is 71.0 Å². The number of esters is 1. The summed E-state index contributed by atoms with van der Waals surface area (Å²) in [6.45, 7) is 2.58. The summed E-state index contributed by atoms with van der Waals surface area (Å²) >= 11 is 0. The molecule has 312 valence electrons. The highest BCUT2D eigenvalue weighted by Gasteiger charge is 2.37. The zero-order valence-electron chi connectivity index (χ0n) is 34.1. The van der Waals surface area contributed by atoms with Crippen LogP contribution < -0.4 is 45.2 Å². The molecule has 0 aliphatic carbocycles. The zero-order chi connectivity index (χ0) is 41.8. The van der Waals surface area contributed by atoms with Gasteiger partial charge in [0, 0.05) is 12.1 Å². The average Bonchev–Trinajstić information content (AvgIpc) is 3.28. The smallest absolute Gasteiger partial charge is 0.372 e. The fraction of sp³-hybridized carbons (Fsp3) is 0.180. The number of hydrogen-bond donors (Lipinski definition) is 1. The standard InChI is InChI=1S/C50H45NO9.BrH/c1-4-57-47(53)30-51-25-24-37-26-46(60-33-36-18-12-7-13-19-36)45(56-3)29-41(37)49(51)48(38-20-23-43(44(27-38)55-2)59-32-35-16-10-6-11-17-35)50(54)40-22-21-39(28-42(40)52)58-31-34-14-8-5-9-15-34;/h5-29,48H,4,30-33H2,1-3H3;1H. The van der Waals surface area contributed by atoms with Crippen molar-refractivity contribution in [2.45, 2.75) is 39.2 Å². The fourth-order valence-electron chi connectivity index (χ4n) is 7.01. The molecule has 1 atom stereocenters. The summed E-state index contributed by atoms with van der Waals surface area (Å²) in [5.74, 6) is -0.147. The van der Waals surface area contributed by atoms with Crippen molar-refractivity contribution in [2.75, 3.05) is 20.8 Å². The lowest BCUT2D eigenvalue weighted by atomic mass is 9.84. The van der Waals surface area contributed by atoms with Crippen LogP contribution in [0.5, 0.6) is 34.5 Å². The van der Waals surface area contributed by atoms with Gasteiger partial charge in [-0.1, -0.05) is 97.1 Å². The van der Waals surface area contributed by atoms with Gasteiger partial charge in [-0.15, -0.1) is 0 Å². The molecule has 0 amide bonds. The summed E-state index contributed by atoms with van der Waals surface area (Å²) in [7, 11) is 3.08. The Balaban J connectivity index is 0.00000622. The van der Waals surface area contributed by atoms with Crippen LogP contribution in [-0.4, -0.2) is 37.7 Å². The monoisotopic (exact) mass is 883 g/mol. The topological polar surface area (TPSA) is 114 Å². The number of ether oxygens (including phenoxy) is 6. The molecule has 7 rings (SSSR count). The molecule has 61 heavy (non-hydrogen) atoms. The van der Waals surface area contributed by atoms with Gasteiger partial charge in [-0.3, -0.25) is 4.79 Å². The number of rotatable bonds is 18. The SMILES string of the molecule is CCOC(=O)C[n+]1ccc2cc(OCc3ccccc3)c(OC)cc2c1C(C(=O)c1ccc(OCc2ccccc2)cc1O)c1ccc(OCc2ccccc2)c(OC)c1.[Br-]. The molecule has 0 saturated carbocycles. The molecule has 0 bridgehead atoms. The van der Waals surface area contributed by atoms with Crippen LogP contribution in [0.1, 0.15) is 51.1 Å². The predicted molar refractivity (Wildman–Crippen MR) is 227 cm³/mol. The van der Waals surface area contributed by atoms with Crippen molar-refractivity contribution in [1.29, 1.82) is 0 Å². The van der Waals surface area contributed by atoms with Crippen molar-refractivity contribution >= 4 is 22.5 Å². The minimum atomic E-state index is -1.11. The van der Waals surface area contributed by atoms with E-state index < -0.39 is 17.7 Å². The number of carbonyl (C=O) groups excluding carboxylic acids is 2. The molecule has 0 saturated heterocycles. The Morgan fingerprint density at radius 1 is 0.623 bits per heavy atom. The number of phenolic OH excluding ortho intramolecular Hbond substituents is 1. The quantitative estimate of drug-likeness (QED) is 0.0615. The molecule has 7 aromatic rings. The summed E-state index contributed by atoms with van der Waals surface area (Å²) in [5, 5.41) is 12.9. The van der Waals surface area contributed by atoms with Crippen LogP contribution in [0, 0.1) is 0 Å². The third-order valence-corrected chi connectivity index (χ3v) is 9.97. The van der Waals surface area contributed by atoms with Crippen molar-refractivity contribution in [2.24, 2.45) is 0 Å². The maximum atomic E-state index is 15.3. The molecule has 1 unspecified atom stereocenters. The Morgan fingerprint density at radius 3 is 1.77 bits per heavy atom. The molecule has 11 heteroatoms. The Morgan fingerprint density at radius 2 is 1.20 bits per heavy atom. The van der Waals surface area contributed by atoms with Crippen LogP contribution in [0.4, 0.5) is 0 Å². The summed E-state index contributed by atoms with van der Waals surface area (Å²) in [6, 6.07) is 44.7. The van der Waals surface area contributed by atoms with Crippen molar-refractivity contribution in [1.82, 2.24) is 0 Å². The minimum absolute atomic E-state index is 0. The van der Waals surface area contributed by atoms with E-state index in [0.29, 0.717) is 58.6 Å². The average molecular weight is 885 g/mol. The second-order valence-electron chi connectivity index (χ2n) is 13.9. The second kappa shape index (κ2) is 20.9. The molecule has 1 heterocycles. The summed E-state index contributed by atoms with van der Waals surface area (Å²) in [4.78, 5) is 28.5. The third-order valence-electron chi connectivity index (χ3n) is 9.97. The number of nitrogens with zero attached hydrogens (tertiary/aromatic N) is 1. The van der Waals surface area contributed by atoms with Gasteiger partial charge in [-0.25, -0.2) is 4.79 Å². The van der Waals surface area contributed by atoms with Gasteiger partial charge >= 0.3 is 5.97 Å². The Labute approximate surface area is 365 Å². The Kier molecular flexibility index (Phi) is 15.0. The van der Waals surface area contributed by atoms with E-state index in [-0.39, 0.29) is 48.1 Å². The molecule has 1 aromatic heterocycles. The number of aromatic hydroxyl groups is 1. The number of halogens is 1. The molecule has 6 aromatic carbocycles. The van der Waals surface area contributed by atoms with Crippen molar-refractivity contribution in [3.8, 4) is 34.5 Å². The number of hydrogen-bond acceptors (Lipinski definition) is 9. The maximum absolute atomic E-state index is 15.3. The van der Waals surface area contributed by atoms with E-state index in [2.05, 4.69) is 0 Å². The summed E-state index contributed by atoms with van der Waals surface area (Å²) in [6.07, 6.45) is 1.75. The molecule has 0 aliphatic rings. The molecule has 0 fully saturated rings. The number of Topliss-reactive ketones (excluding diaryl/α,β-unsaturated/α-hetero) is 1. The number of ketones is 1. The van der Waals surface area contributed by atoms with E-state index in [1.807, 2.05) is 109 Å². The van der Waals surface area contributed by atoms with Crippen LogP contribution in [0.15, 0.2) is 152 Å². The van der Waals surface area contributed by atoms with E-state index in [4.69, 9.17) is 28.4 Å². The van der Waals surface area contributed by atoms with E-state index in [1.54, 1.807) is 55.1 Å². The summed E-state index contributed by atoms with van der Waals surface area (Å²) in [5.41, 5.74) is 3.91. The first-order valence-electron chi connectivity index (χ1n) is 19.6. The number of phenols is 1. The highest BCUT2D eigenvalue weighted by molar-refractivity contribution is 6.07. The van der Waals surface area contributed by atoms with Crippen LogP contribution >= 0.6 is 0 Å². The van der Waals surface area contributed by atoms with Gasteiger partial charge in [0.15, 0.2) is 35.0 Å². The van der Waals surface area contributed by atoms with E-state index in [9.17, 15) is 9.90 Å². The first kappa shape index (κ1) is 43.7. The fourth-order valence-corrected chi connectivity index (χ4v) is 7.01. The predicted octanol–water partition coefficient (Wildman–Crippen LogP) is 6.17. The number of carbonyl (C=O) groups is 2. The number of pyridine rings is 1. The van der Waals surface area contributed by atoms with Gasteiger partial charge in [0.25, 0.3) is 0 Å².